The lowest BCUT2D eigenvalue weighted by molar-refractivity contribution is -0.209. The van der Waals surface area contributed by atoms with Gasteiger partial charge in [-0.2, -0.15) is 0 Å². The predicted molar refractivity (Wildman–Crippen MR) is 119 cm³/mol. The second-order valence-corrected chi connectivity index (χ2v) is 12.0. The third-order valence-corrected chi connectivity index (χ3v) is 12.3. The van der Waals surface area contributed by atoms with E-state index in [-0.39, 0.29) is 17.6 Å². The van der Waals surface area contributed by atoms with E-state index in [0.717, 1.165) is 5.57 Å². The lowest BCUT2D eigenvalue weighted by atomic mass is 9.46. The highest BCUT2D eigenvalue weighted by atomic mass is 32.2. The summed E-state index contributed by atoms with van der Waals surface area (Å²) in [5, 5.41) is 11.2. The van der Waals surface area contributed by atoms with E-state index in [2.05, 4.69) is 6.92 Å². The first-order chi connectivity index (χ1) is 14.0. The molecule has 0 radical (unpaired) electrons. The number of ether oxygens (including phenoxy) is 1. The lowest BCUT2D eigenvalue weighted by Crippen LogP contribution is -2.68. The average Bonchev–Trinajstić information content (AvgIpc) is 2.89. The van der Waals surface area contributed by atoms with Crippen molar-refractivity contribution in [3.63, 3.8) is 0 Å². The molecule has 0 saturated heterocycles. The van der Waals surface area contributed by atoms with Gasteiger partial charge in [0.1, 0.15) is 6.10 Å². The van der Waals surface area contributed by atoms with Gasteiger partial charge in [-0.25, -0.2) is 4.39 Å². The average molecular weight is 455 g/mol. The van der Waals surface area contributed by atoms with Crippen molar-refractivity contribution in [3.8, 4) is 0 Å². The molecule has 166 valence electrons. The van der Waals surface area contributed by atoms with E-state index in [9.17, 15) is 14.7 Å². The molecule has 30 heavy (non-hydrogen) atoms. The Labute approximate surface area is 186 Å². The summed E-state index contributed by atoms with van der Waals surface area (Å²) in [5.74, 6) is -1.01. The van der Waals surface area contributed by atoms with E-state index < -0.39 is 38.8 Å². The van der Waals surface area contributed by atoms with E-state index in [1.54, 1.807) is 35.7 Å². The number of carbonyl (C=O) groups is 2. The van der Waals surface area contributed by atoms with Crippen LogP contribution in [0.3, 0.4) is 0 Å². The minimum Gasteiger partial charge on any atom is -0.459 e. The molecule has 0 spiro atoms. The first kappa shape index (κ1) is 22.4. The van der Waals surface area contributed by atoms with Crippen LogP contribution in [0.4, 0.5) is 4.39 Å². The zero-order chi connectivity index (χ0) is 22.1. The summed E-state index contributed by atoms with van der Waals surface area (Å²) < 4.78 is 22.8. The van der Waals surface area contributed by atoms with Gasteiger partial charge >= 0.3 is 5.97 Å². The summed E-state index contributed by atoms with van der Waals surface area (Å²) in [6.45, 7) is 5.31. The minimum absolute atomic E-state index is 0.0337. The molecule has 3 fully saturated rings. The maximum Gasteiger partial charge on any atom is 0.303 e. The number of aliphatic hydroxyl groups is 1. The van der Waals surface area contributed by atoms with E-state index in [4.69, 9.17) is 4.74 Å². The van der Waals surface area contributed by atoms with Gasteiger partial charge in [0.25, 0.3) is 0 Å². The first-order valence-corrected chi connectivity index (χ1v) is 13.0. The highest BCUT2D eigenvalue weighted by Gasteiger charge is 2.75. The summed E-state index contributed by atoms with van der Waals surface area (Å²) >= 11 is 3.27. The fourth-order valence-electron chi connectivity index (χ4n) is 7.28. The van der Waals surface area contributed by atoms with Crippen LogP contribution in [0.15, 0.2) is 23.8 Å². The Bertz CT molecular complexity index is 837. The largest absolute Gasteiger partial charge is 0.459 e. The maximum absolute atomic E-state index is 17.5. The molecule has 4 aliphatic rings. The Kier molecular flexibility index (Phi) is 5.31. The smallest absolute Gasteiger partial charge is 0.303 e. The van der Waals surface area contributed by atoms with E-state index in [1.165, 1.54) is 13.0 Å². The molecule has 7 heteroatoms. The predicted octanol–water partition coefficient (Wildman–Crippen LogP) is 4.32. The number of esters is 1. The lowest BCUT2D eigenvalue weighted by Gasteiger charge is -2.63. The Morgan fingerprint density at radius 1 is 1.27 bits per heavy atom. The summed E-state index contributed by atoms with van der Waals surface area (Å²) in [6, 6.07) is 0. The molecule has 1 unspecified atom stereocenters. The van der Waals surface area contributed by atoms with Crippen LogP contribution in [-0.2, 0) is 14.3 Å². The van der Waals surface area contributed by atoms with Crippen molar-refractivity contribution in [1.82, 2.24) is 0 Å². The topological polar surface area (TPSA) is 63.6 Å². The van der Waals surface area contributed by atoms with Crippen LogP contribution in [0, 0.1) is 22.7 Å². The van der Waals surface area contributed by atoms with Crippen LogP contribution >= 0.6 is 23.5 Å². The molecule has 0 bridgehead atoms. The number of fused-ring (bicyclic) bond motifs is 5. The molecular weight excluding hydrogens is 423 g/mol. The highest BCUT2D eigenvalue weighted by molar-refractivity contribution is 8.17. The molecule has 0 aromatic rings. The number of alkyl halides is 1. The Morgan fingerprint density at radius 2 is 1.93 bits per heavy atom. The molecule has 7 atom stereocenters. The van der Waals surface area contributed by atoms with Crippen molar-refractivity contribution in [3.05, 3.63) is 23.8 Å². The van der Waals surface area contributed by atoms with E-state index in [1.807, 2.05) is 19.4 Å². The van der Waals surface area contributed by atoms with Crippen LogP contribution in [0.25, 0.3) is 0 Å². The zero-order valence-electron chi connectivity index (χ0n) is 18.2. The van der Waals surface area contributed by atoms with Crippen LogP contribution in [0.2, 0.25) is 0 Å². The van der Waals surface area contributed by atoms with Gasteiger partial charge in [-0.15, -0.1) is 23.5 Å². The number of carbonyl (C=O) groups excluding carboxylic acids is 2. The third kappa shape index (κ3) is 2.57. The van der Waals surface area contributed by atoms with Crippen molar-refractivity contribution in [1.29, 1.82) is 0 Å². The number of halogens is 1. The van der Waals surface area contributed by atoms with Gasteiger partial charge in [-0.05, 0) is 63.2 Å². The molecule has 4 aliphatic carbocycles. The Balaban J connectivity index is 1.89. The molecular formula is C23H31FO4S2. The van der Waals surface area contributed by atoms with Crippen molar-refractivity contribution in [2.75, 3.05) is 12.5 Å². The minimum atomic E-state index is -1.82. The molecule has 3 saturated carbocycles. The number of ketones is 1. The third-order valence-electron chi connectivity index (χ3n) is 8.63. The molecule has 0 aromatic carbocycles. The fourth-order valence-corrected chi connectivity index (χ4v) is 10.1. The molecule has 1 N–H and O–H groups in total. The van der Waals surface area contributed by atoms with Crippen molar-refractivity contribution >= 4 is 35.3 Å². The first-order valence-electron chi connectivity index (χ1n) is 10.6. The maximum atomic E-state index is 17.5. The number of allylic oxidation sites excluding steroid dienone is 4. The zero-order valence-corrected chi connectivity index (χ0v) is 19.9. The van der Waals surface area contributed by atoms with Crippen molar-refractivity contribution in [2.24, 2.45) is 22.7 Å². The SMILES string of the molecule is CSC1(SC)[C@H](O)C[C@H]2[C@@H]3CCC4=CC(=O)C=C[C@]4(C)C3(F)[C@H](OC(C)=O)C[C@@]21C. The van der Waals surface area contributed by atoms with Gasteiger partial charge < -0.3 is 9.84 Å². The summed E-state index contributed by atoms with van der Waals surface area (Å²) in [4.78, 5) is 24.1. The number of hydrogen-bond acceptors (Lipinski definition) is 6. The number of aliphatic hydroxyl groups excluding tert-OH is 1. The van der Waals surface area contributed by atoms with Crippen molar-refractivity contribution in [2.45, 2.75) is 68.4 Å². The van der Waals surface area contributed by atoms with E-state index >= 15 is 4.39 Å². The Hall–Kier alpha value is -0.790. The molecule has 0 heterocycles. The van der Waals surface area contributed by atoms with Gasteiger partial charge in [0.2, 0.25) is 0 Å². The van der Waals surface area contributed by atoms with Gasteiger partial charge in [-0.3, -0.25) is 9.59 Å². The monoisotopic (exact) mass is 454 g/mol. The second kappa shape index (κ2) is 7.11. The quantitative estimate of drug-likeness (QED) is 0.506. The van der Waals surface area contributed by atoms with Crippen LogP contribution in [-0.4, -0.2) is 51.3 Å². The molecule has 4 nitrogen and oxygen atoms in total. The van der Waals surface area contributed by atoms with E-state index in [0.29, 0.717) is 25.7 Å². The van der Waals surface area contributed by atoms with Crippen LogP contribution in [0.5, 0.6) is 0 Å². The molecule has 0 aromatic heterocycles. The van der Waals surface area contributed by atoms with Crippen molar-refractivity contribution < 1.29 is 23.8 Å². The summed E-state index contributed by atoms with van der Waals surface area (Å²) in [7, 11) is 0. The van der Waals surface area contributed by atoms with Gasteiger partial charge in [0.15, 0.2) is 11.5 Å². The standard InChI is InChI=1S/C23H31FO4S2/c1-13(25)28-19-12-21(3)17(11-18(27)23(21,29-4)30-5)16-7-6-14-10-15(26)8-9-20(14,2)22(16,19)24/h8-10,16-19,27H,6-7,11-12H2,1-5H3/t16-,17-,18+,19+,20-,21-,22?/m0/s1. The summed E-state index contributed by atoms with van der Waals surface area (Å²) in [5.41, 5.74) is -2.43. The molecule has 0 aliphatic heterocycles. The van der Waals surface area contributed by atoms with Gasteiger partial charge in [0, 0.05) is 23.7 Å². The summed E-state index contributed by atoms with van der Waals surface area (Å²) in [6.07, 6.45) is 9.34. The van der Waals surface area contributed by atoms with Gasteiger partial charge in [-0.1, -0.05) is 18.6 Å². The highest BCUT2D eigenvalue weighted by Crippen LogP contribution is 2.73. The fraction of sp³-hybridized carbons (Fsp3) is 0.739. The number of rotatable bonds is 3. The number of hydrogen-bond donors (Lipinski definition) is 1. The molecule has 4 rings (SSSR count). The Morgan fingerprint density at radius 3 is 2.53 bits per heavy atom. The number of thioether (sulfide) groups is 2. The van der Waals surface area contributed by atoms with Crippen LogP contribution in [0.1, 0.15) is 46.5 Å². The molecule has 0 amide bonds. The second-order valence-electron chi connectivity index (χ2n) is 9.67. The normalized spacial score (nSPS) is 46.5. The van der Waals surface area contributed by atoms with Crippen LogP contribution < -0.4 is 0 Å². The van der Waals surface area contributed by atoms with Gasteiger partial charge in [0.05, 0.1) is 10.2 Å².